The number of fused-ring (bicyclic) bond motifs is 1. The number of carbonyl (C=O) groups is 1. The molecule has 5 rings (SSSR count). The van der Waals surface area contributed by atoms with Crippen molar-refractivity contribution in [1.29, 1.82) is 5.26 Å². The van der Waals surface area contributed by atoms with Gasteiger partial charge in [0, 0.05) is 60.8 Å². The largest absolute Gasteiger partial charge is 0.492 e. The Labute approximate surface area is 261 Å². The summed E-state index contributed by atoms with van der Waals surface area (Å²) in [7, 11) is 4.11. The van der Waals surface area contributed by atoms with Crippen molar-refractivity contribution in [3.8, 4) is 17.6 Å². The second-order valence-corrected chi connectivity index (χ2v) is 11.1. The van der Waals surface area contributed by atoms with Crippen LogP contribution in [-0.4, -0.2) is 72.1 Å². The number of amides is 1. The number of carbonyl (C=O) groups excluding carboxylic acids is 1. The maximum absolute atomic E-state index is 13.2. The van der Waals surface area contributed by atoms with Crippen LogP contribution in [0.5, 0.6) is 11.5 Å². The van der Waals surface area contributed by atoms with E-state index in [1.807, 2.05) is 31.2 Å². The first-order valence-corrected chi connectivity index (χ1v) is 14.6. The zero-order valence-electron chi connectivity index (χ0n) is 24.9. The highest BCUT2D eigenvalue weighted by Gasteiger charge is 2.29. The Hall–Kier alpha value is -4.69. The van der Waals surface area contributed by atoms with Crippen molar-refractivity contribution in [2.75, 3.05) is 51.0 Å². The van der Waals surface area contributed by atoms with Crippen molar-refractivity contribution in [3.63, 3.8) is 0 Å². The van der Waals surface area contributed by atoms with Gasteiger partial charge in [0.1, 0.15) is 24.2 Å². The summed E-state index contributed by atoms with van der Waals surface area (Å²) in [5.74, 6) is 0.675. The number of aromatic nitrogens is 2. The number of ether oxygens (including phenoxy) is 2. The fourth-order valence-electron chi connectivity index (χ4n) is 4.84. The molecule has 1 aliphatic heterocycles. The van der Waals surface area contributed by atoms with Crippen LogP contribution in [0.4, 0.5) is 17.1 Å². The van der Waals surface area contributed by atoms with E-state index in [9.17, 15) is 10.1 Å². The Morgan fingerprint density at radius 1 is 1.16 bits per heavy atom. The summed E-state index contributed by atoms with van der Waals surface area (Å²) in [6, 6.07) is 17.1. The van der Waals surface area contributed by atoms with Crippen LogP contribution in [0.1, 0.15) is 18.2 Å². The second kappa shape index (κ2) is 13.7. The number of likely N-dealkylation sites (tertiary alicyclic amines) is 1. The molecule has 11 heteroatoms. The fraction of sp³-hybridized carbons (Fsp3) is 0.273. The number of likely N-dealkylation sites (N-methyl/N-ethyl adjacent to an activating group) is 1. The van der Waals surface area contributed by atoms with Crippen LogP contribution in [-0.2, 0) is 11.4 Å². The Morgan fingerprint density at radius 2 is 1.98 bits per heavy atom. The lowest BCUT2D eigenvalue weighted by atomic mass is 10.1. The summed E-state index contributed by atoms with van der Waals surface area (Å²) in [5, 5.41) is 17.2. The normalized spacial score (nSPS) is 13.3. The van der Waals surface area contributed by atoms with Crippen molar-refractivity contribution in [2.45, 2.75) is 19.6 Å². The maximum atomic E-state index is 13.2. The zero-order valence-corrected chi connectivity index (χ0v) is 25.7. The number of halogens is 1. The van der Waals surface area contributed by atoms with Crippen molar-refractivity contribution in [3.05, 3.63) is 89.4 Å². The number of hydrogen-bond donors (Lipinski definition) is 2. The molecule has 0 radical (unpaired) electrons. The quantitative estimate of drug-likeness (QED) is 0.197. The molecule has 0 aliphatic carbocycles. The Bertz CT molecular complexity index is 1720. The molecule has 2 aromatic carbocycles. The molecule has 0 spiro atoms. The minimum Gasteiger partial charge on any atom is -0.492 e. The molecule has 10 nitrogen and oxygen atoms in total. The molecule has 0 bridgehead atoms. The standard InChI is InChI=1S/C33H34ClN7O3/c1-5-43-31-14-28-26(13-29(31)39-33(42)21(2)17-41-18-25(19-41)40(3)4)32(22(15-35)16-37-28)38-23-9-10-30(27(34)12-23)44-20-24-8-6-7-11-36-24/h6-14,16,25H,2,5,17-20H2,1,3-4H3,(H,37,38)(H,39,42). The smallest absolute Gasteiger partial charge is 0.252 e. The Kier molecular flexibility index (Phi) is 9.60. The van der Waals surface area contributed by atoms with E-state index in [0.29, 0.717) is 74.8 Å². The number of nitrogens with one attached hydrogen (secondary N) is 2. The minimum absolute atomic E-state index is 0.276. The topological polar surface area (TPSA) is 116 Å². The number of hydrogen-bond acceptors (Lipinski definition) is 9. The van der Waals surface area contributed by atoms with Gasteiger partial charge in [-0.3, -0.25) is 19.7 Å². The van der Waals surface area contributed by atoms with Crippen LogP contribution in [0.15, 0.2) is 73.1 Å². The van der Waals surface area contributed by atoms with E-state index < -0.39 is 0 Å². The van der Waals surface area contributed by atoms with Crippen molar-refractivity contribution in [2.24, 2.45) is 0 Å². The van der Waals surface area contributed by atoms with Crippen LogP contribution < -0.4 is 20.1 Å². The molecule has 1 fully saturated rings. The molecule has 1 aliphatic rings. The number of pyridine rings is 2. The van der Waals surface area contributed by atoms with Crippen LogP contribution >= 0.6 is 11.6 Å². The Balaban J connectivity index is 1.38. The summed E-state index contributed by atoms with van der Waals surface area (Å²) in [6.07, 6.45) is 3.21. The van der Waals surface area contributed by atoms with Gasteiger partial charge in [0.05, 0.1) is 39.8 Å². The molecule has 1 amide bonds. The molecular formula is C33H34ClN7O3. The van der Waals surface area contributed by atoms with E-state index >= 15 is 0 Å². The summed E-state index contributed by atoms with van der Waals surface area (Å²) >= 11 is 6.55. The molecule has 2 aromatic heterocycles. The summed E-state index contributed by atoms with van der Waals surface area (Å²) in [4.78, 5) is 26.3. The van der Waals surface area contributed by atoms with Gasteiger partial charge in [-0.15, -0.1) is 0 Å². The highest BCUT2D eigenvalue weighted by molar-refractivity contribution is 6.32. The van der Waals surface area contributed by atoms with Crippen LogP contribution in [0.2, 0.25) is 5.02 Å². The van der Waals surface area contributed by atoms with Crippen LogP contribution in [0.3, 0.4) is 0 Å². The van der Waals surface area contributed by atoms with Gasteiger partial charge in [-0.2, -0.15) is 5.26 Å². The van der Waals surface area contributed by atoms with Gasteiger partial charge >= 0.3 is 0 Å². The molecule has 4 aromatic rings. The molecular weight excluding hydrogens is 578 g/mol. The molecule has 0 unspecified atom stereocenters. The van der Waals surface area contributed by atoms with Crippen molar-refractivity contribution in [1.82, 2.24) is 19.8 Å². The first kappa shape index (κ1) is 30.8. The van der Waals surface area contributed by atoms with Gasteiger partial charge in [-0.1, -0.05) is 24.2 Å². The second-order valence-electron chi connectivity index (χ2n) is 10.7. The van der Waals surface area contributed by atoms with Gasteiger partial charge in [0.2, 0.25) is 0 Å². The van der Waals surface area contributed by atoms with E-state index in [-0.39, 0.29) is 12.5 Å². The van der Waals surface area contributed by atoms with Crippen molar-refractivity contribution >= 4 is 45.5 Å². The lowest BCUT2D eigenvalue weighted by Gasteiger charge is -2.42. The number of nitrogens with zero attached hydrogens (tertiary/aromatic N) is 5. The average Bonchev–Trinajstić information content (AvgIpc) is 2.99. The maximum Gasteiger partial charge on any atom is 0.252 e. The molecule has 1 saturated heterocycles. The fourth-order valence-corrected chi connectivity index (χ4v) is 5.07. The lowest BCUT2D eigenvalue weighted by Crippen LogP contribution is -2.57. The third-order valence-corrected chi connectivity index (χ3v) is 7.64. The van der Waals surface area contributed by atoms with Crippen molar-refractivity contribution < 1.29 is 14.3 Å². The number of anilines is 3. The van der Waals surface area contributed by atoms with E-state index in [2.05, 4.69) is 57.1 Å². The van der Waals surface area contributed by atoms with Crippen LogP contribution in [0.25, 0.3) is 10.9 Å². The third kappa shape index (κ3) is 7.09. The lowest BCUT2D eigenvalue weighted by molar-refractivity contribution is -0.113. The predicted molar refractivity (Wildman–Crippen MR) is 173 cm³/mol. The van der Waals surface area contributed by atoms with Gasteiger partial charge < -0.3 is 25.0 Å². The molecule has 226 valence electrons. The predicted octanol–water partition coefficient (Wildman–Crippen LogP) is 5.62. The SMILES string of the molecule is C=C(CN1CC(N(C)C)C1)C(=O)Nc1cc2c(Nc3ccc(OCc4ccccn4)c(Cl)c3)c(C#N)cnc2cc1OCC. The highest BCUT2D eigenvalue weighted by atomic mass is 35.5. The van der Waals surface area contributed by atoms with E-state index in [0.717, 1.165) is 18.8 Å². The first-order valence-electron chi connectivity index (χ1n) is 14.2. The zero-order chi connectivity index (χ0) is 31.2. The molecule has 0 saturated carbocycles. The first-order chi connectivity index (χ1) is 21.2. The minimum atomic E-state index is -0.300. The summed E-state index contributed by atoms with van der Waals surface area (Å²) in [5.41, 5.74) is 3.75. The third-order valence-electron chi connectivity index (χ3n) is 7.34. The van der Waals surface area contributed by atoms with E-state index in [4.69, 9.17) is 21.1 Å². The number of nitriles is 1. The molecule has 2 N–H and O–H groups in total. The van der Waals surface area contributed by atoms with Gasteiger partial charge in [0.25, 0.3) is 5.91 Å². The average molecular weight is 612 g/mol. The van der Waals surface area contributed by atoms with Crippen LogP contribution in [0, 0.1) is 11.3 Å². The number of benzene rings is 2. The molecule has 3 heterocycles. The summed E-state index contributed by atoms with van der Waals surface area (Å²) in [6.45, 7) is 8.81. The van der Waals surface area contributed by atoms with Gasteiger partial charge in [-0.05, 0) is 57.4 Å². The molecule has 44 heavy (non-hydrogen) atoms. The van der Waals surface area contributed by atoms with Gasteiger partial charge in [-0.25, -0.2) is 0 Å². The Morgan fingerprint density at radius 3 is 2.66 bits per heavy atom. The monoisotopic (exact) mass is 611 g/mol. The van der Waals surface area contributed by atoms with Gasteiger partial charge in [0.15, 0.2) is 0 Å². The van der Waals surface area contributed by atoms with E-state index in [1.54, 1.807) is 30.5 Å². The highest BCUT2D eigenvalue weighted by Crippen LogP contribution is 2.37. The van der Waals surface area contributed by atoms with E-state index in [1.165, 1.54) is 6.20 Å². The molecule has 0 atom stereocenters. The summed E-state index contributed by atoms with van der Waals surface area (Å²) < 4.78 is 11.7. The number of rotatable bonds is 12.